The number of benzene rings is 2. The van der Waals surface area contributed by atoms with Crippen LogP contribution in [0, 0.1) is 0 Å². The van der Waals surface area contributed by atoms with Gasteiger partial charge in [-0.25, -0.2) is 20.0 Å². The number of hydrazine groups is 1. The van der Waals surface area contributed by atoms with Crippen LogP contribution in [0.5, 0.6) is 0 Å². The number of hydrogen-bond donors (Lipinski definition) is 3. The highest BCUT2D eigenvalue weighted by Crippen LogP contribution is 2.34. The van der Waals surface area contributed by atoms with Crippen molar-refractivity contribution in [1.82, 2.24) is 15.8 Å². The summed E-state index contributed by atoms with van der Waals surface area (Å²) in [5, 5.41) is 19.1. The van der Waals surface area contributed by atoms with E-state index in [-0.39, 0.29) is 18.6 Å². The quantitative estimate of drug-likeness (QED) is 0.214. The van der Waals surface area contributed by atoms with E-state index in [4.69, 9.17) is 14.3 Å². The highest BCUT2D eigenvalue weighted by molar-refractivity contribution is 6.76. The first-order chi connectivity index (χ1) is 19.9. The molecule has 1 saturated heterocycles. The Hall–Kier alpha value is -4.23. The van der Waals surface area contributed by atoms with Crippen LogP contribution in [0.1, 0.15) is 22.8 Å². The molecule has 0 bridgehead atoms. The van der Waals surface area contributed by atoms with E-state index in [9.17, 15) is 24.3 Å². The lowest BCUT2D eigenvalue weighted by Gasteiger charge is -2.52. The van der Waals surface area contributed by atoms with E-state index < -0.39 is 61.8 Å². The molecule has 224 valence electrons. The SMILES string of the molecule is C[C@@]1(O)[C@@H]([C@@H]2[C@H](NC(=O)Cc3ccccc3)C(=O)N2NC(=O)OCC[Si](C)(C)C)ON=C[C@H]1OC(=O)c1ccccc1. The second-order valence-corrected chi connectivity index (χ2v) is 17.3. The third-order valence-corrected chi connectivity index (χ3v) is 8.74. The van der Waals surface area contributed by atoms with Crippen molar-refractivity contribution in [2.24, 2.45) is 5.16 Å². The Kier molecular flexibility index (Phi) is 9.32. The molecule has 0 saturated carbocycles. The van der Waals surface area contributed by atoms with Gasteiger partial charge in [0.2, 0.25) is 5.91 Å². The van der Waals surface area contributed by atoms with Crippen LogP contribution in [-0.4, -0.2) is 84.8 Å². The molecule has 2 aliphatic heterocycles. The molecule has 5 atom stereocenters. The van der Waals surface area contributed by atoms with E-state index in [0.29, 0.717) is 0 Å². The first-order valence-electron chi connectivity index (χ1n) is 13.6. The molecule has 2 aromatic carbocycles. The monoisotopic (exact) mass is 596 g/mol. The Labute approximate surface area is 245 Å². The maximum Gasteiger partial charge on any atom is 0.426 e. The van der Waals surface area contributed by atoms with Gasteiger partial charge in [0.05, 0.1) is 24.8 Å². The Bertz CT molecular complexity index is 1320. The topological polar surface area (TPSA) is 156 Å². The molecule has 0 aromatic heterocycles. The lowest BCUT2D eigenvalue weighted by molar-refractivity contribution is -0.207. The second-order valence-electron chi connectivity index (χ2n) is 11.7. The second kappa shape index (κ2) is 12.7. The van der Waals surface area contributed by atoms with Crippen molar-refractivity contribution in [2.75, 3.05) is 6.61 Å². The molecule has 0 aliphatic carbocycles. The number of esters is 1. The van der Waals surface area contributed by atoms with E-state index >= 15 is 0 Å². The number of carbonyl (C=O) groups is 4. The maximum atomic E-state index is 13.2. The number of nitrogens with zero attached hydrogens (tertiary/aromatic N) is 2. The largest absolute Gasteiger partial charge is 0.450 e. The Morgan fingerprint density at radius 2 is 1.71 bits per heavy atom. The normalized spacial score (nSPS) is 25.1. The van der Waals surface area contributed by atoms with Crippen molar-refractivity contribution < 1.29 is 38.6 Å². The van der Waals surface area contributed by atoms with E-state index in [1.807, 2.05) is 6.07 Å². The Balaban J connectivity index is 1.52. The number of β-lactam (4-membered cyclic amide) rings is 1. The van der Waals surface area contributed by atoms with Crippen LogP contribution >= 0.6 is 0 Å². The van der Waals surface area contributed by atoms with Crippen LogP contribution in [0.3, 0.4) is 0 Å². The molecule has 1 fully saturated rings. The summed E-state index contributed by atoms with van der Waals surface area (Å²) < 4.78 is 10.8. The van der Waals surface area contributed by atoms with Gasteiger partial charge < -0.3 is 24.7 Å². The third kappa shape index (κ3) is 7.34. The summed E-state index contributed by atoms with van der Waals surface area (Å²) in [6.45, 7) is 7.94. The Morgan fingerprint density at radius 1 is 1.07 bits per heavy atom. The van der Waals surface area contributed by atoms with Gasteiger partial charge in [-0.2, -0.15) is 0 Å². The summed E-state index contributed by atoms with van der Waals surface area (Å²) >= 11 is 0. The zero-order valence-electron chi connectivity index (χ0n) is 24.0. The molecule has 2 heterocycles. The third-order valence-electron chi connectivity index (χ3n) is 7.04. The number of carbonyl (C=O) groups excluding carboxylic acids is 4. The molecule has 2 aromatic rings. The highest BCUT2D eigenvalue weighted by Gasteiger charge is 2.62. The fourth-order valence-corrected chi connectivity index (χ4v) is 5.29. The van der Waals surface area contributed by atoms with E-state index in [1.54, 1.807) is 54.6 Å². The molecular weight excluding hydrogens is 560 g/mol. The summed E-state index contributed by atoms with van der Waals surface area (Å²) in [6.07, 6.45) is -2.32. The zero-order valence-corrected chi connectivity index (χ0v) is 25.0. The lowest BCUT2D eigenvalue weighted by Crippen LogP contribution is -2.81. The van der Waals surface area contributed by atoms with Crippen molar-refractivity contribution in [3.05, 3.63) is 71.8 Å². The number of ether oxygens (including phenoxy) is 2. The standard InChI is InChI=1S/C29H36N4O8Si/c1-29(38)21(40-27(36)20-13-9-6-10-14-20)18-30-41-25(29)24-23(31-22(34)17-19-11-7-5-8-12-19)26(35)33(24)32-28(37)39-15-16-42(2,3)4/h5-14,18,21,23-25,38H,15-17H2,1-4H3,(H,31,34)(H,32,37)/t21-,23+,24+,25-,29+/m1/s1. The predicted molar refractivity (Wildman–Crippen MR) is 155 cm³/mol. The zero-order chi connectivity index (χ0) is 30.5. The molecule has 3 amide bonds. The van der Waals surface area contributed by atoms with Crippen LogP contribution in [0.25, 0.3) is 0 Å². The molecule has 42 heavy (non-hydrogen) atoms. The van der Waals surface area contributed by atoms with E-state index in [0.717, 1.165) is 22.8 Å². The summed E-state index contributed by atoms with van der Waals surface area (Å²) in [7, 11) is -1.48. The molecule has 4 rings (SSSR count). The fraction of sp³-hybridized carbons (Fsp3) is 0.414. The minimum Gasteiger partial charge on any atom is -0.450 e. The first-order valence-corrected chi connectivity index (χ1v) is 17.3. The van der Waals surface area contributed by atoms with Gasteiger partial charge in [-0.05, 0) is 30.7 Å². The molecule has 3 N–H and O–H groups in total. The van der Waals surface area contributed by atoms with Gasteiger partial charge in [0.1, 0.15) is 17.7 Å². The molecular formula is C29H36N4O8Si. The number of aliphatic hydroxyl groups is 1. The van der Waals surface area contributed by atoms with Gasteiger partial charge in [0.25, 0.3) is 5.91 Å². The number of nitrogens with one attached hydrogen (secondary N) is 2. The van der Waals surface area contributed by atoms with Gasteiger partial charge in [-0.15, -0.1) is 0 Å². The van der Waals surface area contributed by atoms with Crippen molar-refractivity contribution in [3.8, 4) is 0 Å². The van der Waals surface area contributed by atoms with Crippen molar-refractivity contribution in [1.29, 1.82) is 0 Å². The van der Waals surface area contributed by atoms with Crippen LogP contribution in [0.4, 0.5) is 4.79 Å². The van der Waals surface area contributed by atoms with Crippen LogP contribution in [0.15, 0.2) is 65.8 Å². The molecule has 12 nitrogen and oxygen atoms in total. The lowest BCUT2D eigenvalue weighted by atomic mass is 9.80. The van der Waals surface area contributed by atoms with Crippen molar-refractivity contribution >= 4 is 38.2 Å². The van der Waals surface area contributed by atoms with Gasteiger partial charge in [0, 0.05) is 8.07 Å². The minimum absolute atomic E-state index is 0.000878. The van der Waals surface area contributed by atoms with Crippen molar-refractivity contribution in [3.63, 3.8) is 0 Å². The average Bonchev–Trinajstić information content (AvgIpc) is 2.94. The summed E-state index contributed by atoms with van der Waals surface area (Å²) in [5.74, 6) is -1.80. The first kappa shape index (κ1) is 30.7. The summed E-state index contributed by atoms with van der Waals surface area (Å²) in [5.41, 5.74) is 1.48. The molecule has 13 heteroatoms. The molecule has 2 aliphatic rings. The molecule has 0 spiro atoms. The van der Waals surface area contributed by atoms with Gasteiger partial charge in [-0.1, -0.05) is 73.3 Å². The summed E-state index contributed by atoms with van der Waals surface area (Å²) in [4.78, 5) is 57.0. The van der Waals surface area contributed by atoms with Crippen molar-refractivity contribution in [2.45, 2.75) is 68.9 Å². The van der Waals surface area contributed by atoms with E-state index in [2.05, 4.69) is 35.5 Å². The number of rotatable bonds is 10. The smallest absolute Gasteiger partial charge is 0.426 e. The maximum absolute atomic E-state index is 13.2. The number of hydrogen-bond acceptors (Lipinski definition) is 9. The van der Waals surface area contributed by atoms with Gasteiger partial charge in [0.15, 0.2) is 12.2 Å². The van der Waals surface area contributed by atoms with Crippen LogP contribution in [0.2, 0.25) is 25.7 Å². The minimum atomic E-state index is -1.93. The van der Waals surface area contributed by atoms with Gasteiger partial charge in [-0.3, -0.25) is 9.59 Å². The van der Waals surface area contributed by atoms with Gasteiger partial charge >= 0.3 is 12.1 Å². The Morgan fingerprint density at radius 3 is 2.36 bits per heavy atom. The van der Waals surface area contributed by atoms with E-state index in [1.165, 1.54) is 6.92 Å². The fourth-order valence-electron chi connectivity index (χ4n) is 4.57. The average molecular weight is 597 g/mol. The summed E-state index contributed by atoms with van der Waals surface area (Å²) in [6, 6.07) is 15.6. The molecule has 0 radical (unpaired) electrons. The predicted octanol–water partition coefficient (Wildman–Crippen LogP) is 2.27. The van der Waals surface area contributed by atoms with Crippen LogP contribution < -0.4 is 10.7 Å². The van der Waals surface area contributed by atoms with Crippen LogP contribution in [-0.2, 0) is 30.3 Å². The highest BCUT2D eigenvalue weighted by atomic mass is 28.3. The molecule has 0 unspecified atom stereocenters. The number of amides is 3. The number of oxime groups is 1.